The second-order valence-electron chi connectivity index (χ2n) is 4.17. The molecular formula is C13H17ClN4O. The van der Waals surface area contributed by atoms with Gasteiger partial charge in [-0.3, -0.25) is 0 Å². The molecule has 0 bridgehead atoms. The van der Waals surface area contributed by atoms with Crippen LogP contribution in [0.2, 0.25) is 5.02 Å². The highest BCUT2D eigenvalue weighted by Crippen LogP contribution is 2.27. The lowest BCUT2D eigenvalue weighted by atomic mass is 10.0. The molecule has 1 aromatic carbocycles. The van der Waals surface area contributed by atoms with Gasteiger partial charge in [-0.25, -0.2) is 0 Å². The molecule has 0 saturated heterocycles. The van der Waals surface area contributed by atoms with Crippen LogP contribution in [0, 0.1) is 0 Å². The molecule has 1 heterocycles. The van der Waals surface area contributed by atoms with Gasteiger partial charge in [0.1, 0.15) is 5.75 Å². The smallest absolute Gasteiger partial charge is 0.122 e. The minimum Gasteiger partial charge on any atom is -0.496 e. The van der Waals surface area contributed by atoms with Gasteiger partial charge >= 0.3 is 0 Å². The average Bonchev–Trinajstić information content (AvgIpc) is 2.92. The van der Waals surface area contributed by atoms with Gasteiger partial charge in [-0.2, -0.15) is 15.4 Å². The average molecular weight is 281 g/mol. The number of nitrogens with zero attached hydrogens (tertiary/aromatic N) is 2. The van der Waals surface area contributed by atoms with E-state index in [0.29, 0.717) is 5.02 Å². The van der Waals surface area contributed by atoms with Gasteiger partial charge in [0.15, 0.2) is 0 Å². The molecular weight excluding hydrogens is 264 g/mol. The molecule has 1 aromatic heterocycles. The maximum atomic E-state index is 6.05. The summed E-state index contributed by atoms with van der Waals surface area (Å²) in [5, 5.41) is 14.7. The molecule has 0 spiro atoms. The van der Waals surface area contributed by atoms with Crippen LogP contribution in [0.4, 0.5) is 0 Å². The topological polar surface area (TPSA) is 62.8 Å². The van der Waals surface area contributed by atoms with Crippen LogP contribution < -0.4 is 10.1 Å². The van der Waals surface area contributed by atoms with Crippen molar-refractivity contribution in [1.29, 1.82) is 0 Å². The van der Waals surface area contributed by atoms with E-state index >= 15 is 0 Å². The summed E-state index contributed by atoms with van der Waals surface area (Å²) in [6.07, 6.45) is 2.47. The van der Waals surface area contributed by atoms with Gasteiger partial charge in [0.25, 0.3) is 0 Å². The van der Waals surface area contributed by atoms with Gasteiger partial charge in [-0.15, -0.1) is 0 Å². The Morgan fingerprint density at radius 2 is 2.32 bits per heavy atom. The number of rotatable bonds is 6. The summed E-state index contributed by atoms with van der Waals surface area (Å²) < 4.78 is 5.37. The summed E-state index contributed by atoms with van der Waals surface area (Å²) in [7, 11) is 1.66. The summed E-state index contributed by atoms with van der Waals surface area (Å²) in [5.41, 5.74) is 1.92. The monoisotopic (exact) mass is 280 g/mol. The molecule has 0 saturated carbocycles. The molecule has 0 aliphatic rings. The minimum atomic E-state index is 0.0797. The Morgan fingerprint density at radius 1 is 1.47 bits per heavy atom. The van der Waals surface area contributed by atoms with Crippen molar-refractivity contribution in [3.8, 4) is 5.75 Å². The summed E-state index contributed by atoms with van der Waals surface area (Å²) in [6, 6.07) is 5.70. The Balaban J connectivity index is 2.24. The Bertz CT molecular complexity index is 515. The fourth-order valence-corrected chi connectivity index (χ4v) is 2.23. The first-order valence-corrected chi connectivity index (χ1v) is 6.53. The highest BCUT2D eigenvalue weighted by atomic mass is 35.5. The van der Waals surface area contributed by atoms with Crippen molar-refractivity contribution in [2.75, 3.05) is 13.7 Å². The van der Waals surface area contributed by atoms with Crippen molar-refractivity contribution in [2.45, 2.75) is 19.4 Å². The fourth-order valence-electron chi connectivity index (χ4n) is 2.03. The molecule has 19 heavy (non-hydrogen) atoms. The first kappa shape index (κ1) is 13.8. The van der Waals surface area contributed by atoms with E-state index in [1.54, 1.807) is 13.3 Å². The third-order valence-electron chi connectivity index (χ3n) is 2.91. The maximum Gasteiger partial charge on any atom is 0.122 e. The highest BCUT2D eigenvalue weighted by molar-refractivity contribution is 6.30. The largest absolute Gasteiger partial charge is 0.496 e. The van der Waals surface area contributed by atoms with E-state index in [9.17, 15) is 0 Å². The number of aromatic nitrogens is 3. The quantitative estimate of drug-likeness (QED) is 0.853. The second kappa shape index (κ2) is 6.54. The predicted molar refractivity (Wildman–Crippen MR) is 74.5 cm³/mol. The lowest BCUT2D eigenvalue weighted by molar-refractivity contribution is 0.405. The third kappa shape index (κ3) is 3.45. The number of H-pyrrole nitrogens is 1. The van der Waals surface area contributed by atoms with Crippen LogP contribution in [0.25, 0.3) is 0 Å². The van der Waals surface area contributed by atoms with Gasteiger partial charge in [0.05, 0.1) is 25.0 Å². The number of benzene rings is 1. The second-order valence-corrected chi connectivity index (χ2v) is 4.60. The molecule has 0 radical (unpaired) electrons. The lowest BCUT2D eigenvalue weighted by Crippen LogP contribution is -2.23. The molecule has 0 aliphatic carbocycles. The normalized spacial score (nSPS) is 12.4. The van der Waals surface area contributed by atoms with Gasteiger partial charge < -0.3 is 10.1 Å². The Hall–Kier alpha value is -1.59. The minimum absolute atomic E-state index is 0.0797. The molecule has 2 N–H and O–H groups in total. The zero-order valence-corrected chi connectivity index (χ0v) is 11.7. The number of methoxy groups -OCH3 is 1. The molecule has 102 valence electrons. The maximum absolute atomic E-state index is 6.05. The molecule has 1 atom stereocenters. The Labute approximate surface area is 117 Å². The molecule has 2 aromatic rings. The zero-order chi connectivity index (χ0) is 13.7. The summed E-state index contributed by atoms with van der Waals surface area (Å²) in [6.45, 7) is 2.91. The Kier molecular flexibility index (Phi) is 4.76. The highest BCUT2D eigenvalue weighted by Gasteiger charge is 2.16. The molecule has 2 rings (SSSR count). The summed E-state index contributed by atoms with van der Waals surface area (Å²) >= 11 is 6.05. The number of hydrogen-bond acceptors (Lipinski definition) is 4. The van der Waals surface area contributed by atoms with Crippen LogP contribution in [0.15, 0.2) is 24.4 Å². The standard InChI is InChI=1S/C13H17ClN4O/c1-3-15-11(12-8-16-18-17-12)7-9-6-10(14)4-5-13(9)19-2/h4-6,8,11,15H,3,7H2,1-2H3,(H,16,17,18). The van der Waals surface area contributed by atoms with E-state index in [-0.39, 0.29) is 6.04 Å². The fraction of sp³-hybridized carbons (Fsp3) is 0.385. The molecule has 5 nitrogen and oxygen atoms in total. The van der Waals surface area contributed by atoms with Gasteiger partial charge in [0.2, 0.25) is 0 Å². The molecule has 6 heteroatoms. The van der Waals surface area contributed by atoms with Crippen LogP contribution in [-0.4, -0.2) is 29.1 Å². The summed E-state index contributed by atoms with van der Waals surface area (Å²) in [5.74, 6) is 0.829. The van der Waals surface area contributed by atoms with E-state index < -0.39 is 0 Å². The van der Waals surface area contributed by atoms with Crippen molar-refractivity contribution in [3.05, 3.63) is 40.7 Å². The lowest BCUT2D eigenvalue weighted by Gasteiger charge is -2.17. The van der Waals surface area contributed by atoms with E-state index in [4.69, 9.17) is 16.3 Å². The van der Waals surface area contributed by atoms with E-state index in [0.717, 1.165) is 30.0 Å². The first-order valence-electron chi connectivity index (χ1n) is 6.16. The number of halogens is 1. The predicted octanol–water partition coefficient (Wildman–Crippen LogP) is 2.36. The summed E-state index contributed by atoms with van der Waals surface area (Å²) in [4.78, 5) is 0. The van der Waals surface area contributed by atoms with Crippen LogP contribution in [0.1, 0.15) is 24.2 Å². The number of nitrogens with one attached hydrogen (secondary N) is 2. The molecule has 0 amide bonds. The molecule has 0 fully saturated rings. The van der Waals surface area contributed by atoms with Crippen LogP contribution in [0.5, 0.6) is 5.75 Å². The van der Waals surface area contributed by atoms with Crippen LogP contribution >= 0.6 is 11.6 Å². The Morgan fingerprint density at radius 3 is 2.95 bits per heavy atom. The van der Waals surface area contributed by atoms with E-state index in [1.165, 1.54) is 0 Å². The molecule has 0 aliphatic heterocycles. The number of likely N-dealkylation sites (N-methyl/N-ethyl adjacent to an activating group) is 1. The number of aromatic amines is 1. The molecule has 1 unspecified atom stereocenters. The number of ether oxygens (including phenoxy) is 1. The van der Waals surface area contributed by atoms with Crippen molar-refractivity contribution in [1.82, 2.24) is 20.7 Å². The van der Waals surface area contributed by atoms with Crippen molar-refractivity contribution in [2.24, 2.45) is 0 Å². The van der Waals surface area contributed by atoms with Crippen molar-refractivity contribution < 1.29 is 4.74 Å². The zero-order valence-electron chi connectivity index (χ0n) is 11.0. The van der Waals surface area contributed by atoms with Crippen molar-refractivity contribution in [3.63, 3.8) is 0 Å². The third-order valence-corrected chi connectivity index (χ3v) is 3.14. The van der Waals surface area contributed by atoms with Gasteiger partial charge in [-0.05, 0) is 36.7 Å². The SMILES string of the molecule is CCNC(Cc1cc(Cl)ccc1OC)c1cn[nH]n1. The van der Waals surface area contributed by atoms with E-state index in [1.807, 2.05) is 18.2 Å². The van der Waals surface area contributed by atoms with Crippen molar-refractivity contribution >= 4 is 11.6 Å². The number of hydrogen-bond donors (Lipinski definition) is 2. The first-order chi connectivity index (χ1) is 9.24. The van der Waals surface area contributed by atoms with Gasteiger partial charge in [-0.1, -0.05) is 18.5 Å². The van der Waals surface area contributed by atoms with E-state index in [2.05, 4.69) is 27.7 Å². The van der Waals surface area contributed by atoms with Gasteiger partial charge in [0, 0.05) is 5.02 Å². The van der Waals surface area contributed by atoms with Crippen LogP contribution in [-0.2, 0) is 6.42 Å². The van der Waals surface area contributed by atoms with Crippen LogP contribution in [0.3, 0.4) is 0 Å².